The number of nitrogens with one attached hydrogen (secondary N) is 1. The van der Waals surface area contributed by atoms with E-state index >= 15 is 0 Å². The van der Waals surface area contributed by atoms with Crippen LogP contribution in [0.1, 0.15) is 31.4 Å². The van der Waals surface area contributed by atoms with Crippen molar-refractivity contribution in [1.82, 2.24) is 10.2 Å². The van der Waals surface area contributed by atoms with Crippen LogP contribution in [-0.2, 0) is 22.6 Å². The molecule has 1 atom stereocenters. The number of hydrogen-bond acceptors (Lipinski definition) is 3. The second-order valence-electron chi connectivity index (χ2n) is 6.46. The maximum absolute atomic E-state index is 13.2. The molecular weight excluding hydrogens is 376 g/mol. The molecule has 0 radical (unpaired) electrons. The molecule has 2 aromatic carbocycles. The van der Waals surface area contributed by atoms with Crippen LogP contribution in [-0.4, -0.2) is 36.4 Å². The van der Waals surface area contributed by atoms with Gasteiger partial charge in [-0.2, -0.15) is 0 Å². The van der Waals surface area contributed by atoms with Crippen LogP contribution >= 0.6 is 11.6 Å². The lowest BCUT2D eigenvalue weighted by Gasteiger charge is -2.30. The minimum absolute atomic E-state index is 0.137. The van der Waals surface area contributed by atoms with Crippen molar-refractivity contribution in [2.45, 2.75) is 39.3 Å². The van der Waals surface area contributed by atoms with Crippen LogP contribution in [0.2, 0.25) is 5.02 Å². The molecule has 2 amide bonds. The summed E-state index contributed by atoms with van der Waals surface area (Å²) in [5.74, 6) is 0.460. The van der Waals surface area contributed by atoms with Gasteiger partial charge in [-0.3, -0.25) is 9.59 Å². The molecule has 1 N–H and O–H groups in total. The fourth-order valence-corrected chi connectivity index (χ4v) is 3.25. The Balaban J connectivity index is 2.29. The zero-order valence-corrected chi connectivity index (χ0v) is 17.3. The summed E-state index contributed by atoms with van der Waals surface area (Å²) in [6, 6.07) is 14.2. The van der Waals surface area contributed by atoms with Crippen molar-refractivity contribution in [2.75, 3.05) is 13.7 Å². The maximum atomic E-state index is 13.2. The van der Waals surface area contributed by atoms with Crippen LogP contribution in [0.5, 0.6) is 5.75 Å². The minimum Gasteiger partial charge on any atom is -0.497 e. The second kappa shape index (κ2) is 10.7. The Morgan fingerprint density at radius 1 is 1.11 bits per heavy atom. The van der Waals surface area contributed by atoms with Crippen molar-refractivity contribution in [1.29, 1.82) is 0 Å². The number of benzene rings is 2. The Morgan fingerprint density at radius 3 is 2.36 bits per heavy atom. The van der Waals surface area contributed by atoms with Crippen molar-refractivity contribution in [3.05, 3.63) is 64.7 Å². The number of amides is 2. The van der Waals surface area contributed by atoms with Crippen molar-refractivity contribution in [3.8, 4) is 5.75 Å². The van der Waals surface area contributed by atoms with E-state index in [1.54, 1.807) is 18.1 Å². The number of halogens is 1. The summed E-state index contributed by atoms with van der Waals surface area (Å²) in [5.41, 5.74) is 1.68. The second-order valence-corrected chi connectivity index (χ2v) is 6.86. The highest BCUT2D eigenvalue weighted by atomic mass is 35.5. The summed E-state index contributed by atoms with van der Waals surface area (Å²) in [5, 5.41) is 3.38. The Labute approximate surface area is 171 Å². The van der Waals surface area contributed by atoms with Gasteiger partial charge in [0.25, 0.3) is 0 Å². The van der Waals surface area contributed by atoms with Crippen molar-refractivity contribution in [3.63, 3.8) is 0 Å². The van der Waals surface area contributed by atoms with E-state index in [0.717, 1.165) is 16.9 Å². The molecule has 0 fully saturated rings. The van der Waals surface area contributed by atoms with Crippen LogP contribution in [0.15, 0.2) is 48.5 Å². The number of ether oxygens (including phenoxy) is 1. The number of carbonyl (C=O) groups is 2. The fraction of sp³-hybridized carbons (Fsp3) is 0.364. The molecule has 0 aliphatic rings. The summed E-state index contributed by atoms with van der Waals surface area (Å²) in [6.45, 7) is 4.63. The summed E-state index contributed by atoms with van der Waals surface area (Å²) in [7, 11) is 1.61. The third-order valence-corrected chi connectivity index (χ3v) is 4.92. The highest BCUT2D eigenvalue weighted by molar-refractivity contribution is 6.31. The van der Waals surface area contributed by atoms with Crippen LogP contribution in [0.3, 0.4) is 0 Å². The molecule has 0 aliphatic carbocycles. The summed E-state index contributed by atoms with van der Waals surface area (Å²) in [6.07, 6.45) is 0.669. The van der Waals surface area contributed by atoms with Crippen molar-refractivity contribution >= 4 is 23.4 Å². The fourth-order valence-electron chi connectivity index (χ4n) is 3.05. The molecule has 0 bridgehead atoms. The molecule has 2 rings (SSSR count). The largest absolute Gasteiger partial charge is 0.497 e. The molecule has 0 saturated carbocycles. The SMILES string of the molecule is CCNC(=O)[C@@H](CC)N(Cc1ccc(OC)cc1)C(=O)Cc1ccccc1Cl. The monoisotopic (exact) mass is 402 g/mol. The van der Waals surface area contributed by atoms with Crippen LogP contribution in [0.25, 0.3) is 0 Å². The Bertz CT molecular complexity index is 793. The molecule has 0 aliphatic heterocycles. The molecule has 150 valence electrons. The first-order valence-electron chi connectivity index (χ1n) is 9.43. The summed E-state index contributed by atoms with van der Waals surface area (Å²) < 4.78 is 5.19. The third kappa shape index (κ3) is 5.73. The smallest absolute Gasteiger partial charge is 0.242 e. The van der Waals surface area contributed by atoms with E-state index in [1.165, 1.54) is 0 Å². The number of rotatable bonds is 9. The van der Waals surface area contributed by atoms with Gasteiger partial charge < -0.3 is 15.0 Å². The molecule has 5 nitrogen and oxygen atoms in total. The van der Waals surface area contributed by atoms with E-state index in [2.05, 4.69) is 5.32 Å². The number of hydrogen-bond donors (Lipinski definition) is 1. The summed E-state index contributed by atoms with van der Waals surface area (Å²) in [4.78, 5) is 27.4. The van der Waals surface area contributed by atoms with Gasteiger partial charge in [-0.15, -0.1) is 0 Å². The van der Waals surface area contributed by atoms with Crippen molar-refractivity contribution < 1.29 is 14.3 Å². The van der Waals surface area contributed by atoms with Gasteiger partial charge >= 0.3 is 0 Å². The zero-order chi connectivity index (χ0) is 20.5. The number of methoxy groups -OCH3 is 1. The topological polar surface area (TPSA) is 58.6 Å². The predicted molar refractivity (Wildman–Crippen MR) is 111 cm³/mol. The lowest BCUT2D eigenvalue weighted by molar-refractivity contribution is -0.140. The molecular formula is C22H27ClN2O3. The Kier molecular flexibility index (Phi) is 8.33. The highest BCUT2D eigenvalue weighted by Crippen LogP contribution is 2.20. The van der Waals surface area contributed by atoms with Gasteiger partial charge in [0.2, 0.25) is 11.8 Å². The van der Waals surface area contributed by atoms with Gasteiger partial charge in [-0.25, -0.2) is 0 Å². The van der Waals surface area contributed by atoms with Gasteiger partial charge in [0.1, 0.15) is 11.8 Å². The van der Waals surface area contributed by atoms with Crippen molar-refractivity contribution in [2.24, 2.45) is 0 Å². The summed E-state index contributed by atoms with van der Waals surface area (Å²) >= 11 is 6.23. The zero-order valence-electron chi connectivity index (χ0n) is 16.6. The Morgan fingerprint density at radius 2 is 1.79 bits per heavy atom. The molecule has 6 heteroatoms. The van der Waals surface area contributed by atoms with Crippen LogP contribution in [0.4, 0.5) is 0 Å². The molecule has 0 saturated heterocycles. The predicted octanol–water partition coefficient (Wildman–Crippen LogP) is 3.83. The average molecular weight is 403 g/mol. The molecule has 0 aromatic heterocycles. The first-order valence-corrected chi connectivity index (χ1v) is 9.81. The van der Waals surface area contributed by atoms with Crippen LogP contribution in [0, 0.1) is 0 Å². The van der Waals surface area contributed by atoms with E-state index in [0.29, 0.717) is 24.5 Å². The average Bonchev–Trinajstić information content (AvgIpc) is 2.70. The highest BCUT2D eigenvalue weighted by Gasteiger charge is 2.28. The quantitative estimate of drug-likeness (QED) is 0.693. The van der Waals surface area contributed by atoms with Gasteiger partial charge in [0.05, 0.1) is 13.5 Å². The van der Waals surface area contributed by atoms with E-state index < -0.39 is 6.04 Å². The van der Waals surface area contributed by atoms with Gasteiger partial charge in [-0.05, 0) is 42.7 Å². The van der Waals surface area contributed by atoms with Gasteiger partial charge in [-0.1, -0.05) is 48.9 Å². The third-order valence-electron chi connectivity index (χ3n) is 4.55. The lowest BCUT2D eigenvalue weighted by atomic mass is 10.1. The molecule has 28 heavy (non-hydrogen) atoms. The maximum Gasteiger partial charge on any atom is 0.242 e. The molecule has 0 heterocycles. The minimum atomic E-state index is -0.544. The number of likely N-dealkylation sites (N-methyl/N-ethyl adjacent to an activating group) is 1. The number of carbonyl (C=O) groups excluding carboxylic acids is 2. The Hall–Kier alpha value is -2.53. The van der Waals surface area contributed by atoms with Crippen LogP contribution < -0.4 is 10.1 Å². The van der Waals surface area contributed by atoms with E-state index in [-0.39, 0.29) is 18.2 Å². The lowest BCUT2D eigenvalue weighted by Crippen LogP contribution is -2.49. The first-order chi connectivity index (χ1) is 13.5. The molecule has 2 aromatic rings. The van der Waals surface area contributed by atoms with E-state index in [9.17, 15) is 9.59 Å². The standard InChI is InChI=1S/C22H27ClN2O3/c1-4-20(22(27)24-5-2)25(15-16-10-12-18(28-3)13-11-16)21(26)14-17-8-6-7-9-19(17)23/h6-13,20H,4-5,14-15H2,1-3H3,(H,24,27)/t20-/m1/s1. The molecule has 0 unspecified atom stereocenters. The van der Waals surface area contributed by atoms with E-state index in [4.69, 9.17) is 16.3 Å². The molecule has 0 spiro atoms. The normalized spacial score (nSPS) is 11.6. The first kappa shape index (κ1) is 21.8. The number of nitrogens with zero attached hydrogens (tertiary/aromatic N) is 1. The van der Waals surface area contributed by atoms with E-state index in [1.807, 2.05) is 56.3 Å². The van der Waals surface area contributed by atoms with Gasteiger partial charge in [0.15, 0.2) is 0 Å². The van der Waals surface area contributed by atoms with Gasteiger partial charge in [0, 0.05) is 18.1 Å².